The number of carbonyl (C=O) groups excluding carboxylic acids is 1. The molecule has 41 heavy (non-hydrogen) atoms. The van der Waals surface area contributed by atoms with Crippen LogP contribution >= 0.6 is 0 Å². The molecule has 4 rings (SSSR count). The third kappa shape index (κ3) is 8.17. The molecule has 0 saturated carbocycles. The molecule has 0 saturated heterocycles. The highest BCUT2D eigenvalue weighted by Gasteiger charge is 2.16. The van der Waals surface area contributed by atoms with E-state index < -0.39 is 11.7 Å². The smallest absolute Gasteiger partial charge is 0.407 e. The van der Waals surface area contributed by atoms with Gasteiger partial charge in [0.05, 0.1) is 5.69 Å². The van der Waals surface area contributed by atoms with Crippen LogP contribution in [0.5, 0.6) is 0 Å². The van der Waals surface area contributed by atoms with Gasteiger partial charge in [-0.25, -0.2) is 9.78 Å². The summed E-state index contributed by atoms with van der Waals surface area (Å²) >= 11 is 0. The van der Waals surface area contributed by atoms with Crippen molar-refractivity contribution in [1.82, 2.24) is 19.9 Å². The van der Waals surface area contributed by atoms with Gasteiger partial charge in [-0.1, -0.05) is 54.6 Å². The highest BCUT2D eigenvalue weighted by molar-refractivity contribution is 5.70. The van der Waals surface area contributed by atoms with Crippen molar-refractivity contribution >= 4 is 23.5 Å². The summed E-state index contributed by atoms with van der Waals surface area (Å²) < 4.78 is 6.91. The van der Waals surface area contributed by atoms with Crippen LogP contribution in [0.25, 0.3) is 11.1 Å². The quantitative estimate of drug-likeness (QED) is 0.275. The van der Waals surface area contributed by atoms with Gasteiger partial charge in [-0.3, -0.25) is 4.79 Å². The summed E-state index contributed by atoms with van der Waals surface area (Å²) in [5.74, 6) is 1.21. The summed E-state index contributed by atoms with van der Waals surface area (Å²) in [5, 5.41) is 6.20. The third-order valence-electron chi connectivity index (χ3n) is 6.37. The second kappa shape index (κ2) is 12.7. The standard InChI is InChI=1S/C32H38N6O3/c1-22(17-23-11-10-12-24(18-23)20-34-31(40)41-32(2,3)4)35-30-33-16-15-28(36-30)38(6)26-19-27(29(39)37(5)21-26)25-13-8-7-9-14-25/h7-16,18-19,21-22H,17,20H2,1-6H3,(H,34,40)(H,33,35,36)/t22-/m0/s1. The van der Waals surface area contributed by atoms with Crippen molar-refractivity contribution in [3.63, 3.8) is 0 Å². The number of alkyl carbamates (subject to hydrolysis) is 1. The molecule has 0 spiro atoms. The Labute approximate surface area is 241 Å². The van der Waals surface area contributed by atoms with E-state index in [0.29, 0.717) is 23.9 Å². The van der Waals surface area contributed by atoms with Crippen molar-refractivity contribution in [3.8, 4) is 11.1 Å². The zero-order valence-corrected chi connectivity index (χ0v) is 24.5. The molecule has 4 aromatic rings. The number of rotatable bonds is 9. The lowest BCUT2D eigenvalue weighted by Gasteiger charge is -2.21. The van der Waals surface area contributed by atoms with Crippen LogP contribution in [0.15, 0.2) is 83.9 Å². The number of carbonyl (C=O) groups is 1. The Balaban J connectivity index is 1.42. The van der Waals surface area contributed by atoms with Gasteiger partial charge in [0, 0.05) is 44.6 Å². The highest BCUT2D eigenvalue weighted by Crippen LogP contribution is 2.25. The number of hydrogen-bond donors (Lipinski definition) is 2. The average molecular weight is 555 g/mol. The number of pyridine rings is 1. The first-order chi connectivity index (χ1) is 19.5. The van der Waals surface area contributed by atoms with Crippen LogP contribution in [-0.2, 0) is 24.8 Å². The molecule has 0 aliphatic heterocycles. The van der Waals surface area contributed by atoms with Gasteiger partial charge >= 0.3 is 6.09 Å². The van der Waals surface area contributed by atoms with E-state index in [-0.39, 0.29) is 11.6 Å². The number of benzene rings is 2. The van der Waals surface area contributed by atoms with Crippen LogP contribution in [0.4, 0.5) is 22.2 Å². The molecule has 2 aromatic heterocycles. The fraction of sp³-hybridized carbons (Fsp3) is 0.312. The molecule has 0 fully saturated rings. The molecule has 9 nitrogen and oxygen atoms in total. The Hall–Kier alpha value is -4.66. The monoisotopic (exact) mass is 554 g/mol. The summed E-state index contributed by atoms with van der Waals surface area (Å²) in [5.41, 5.74) is 3.85. The summed E-state index contributed by atoms with van der Waals surface area (Å²) in [7, 11) is 3.67. The Morgan fingerprint density at radius 2 is 1.78 bits per heavy atom. The lowest BCUT2D eigenvalue weighted by Crippen LogP contribution is -2.32. The summed E-state index contributed by atoms with van der Waals surface area (Å²) in [6.07, 6.45) is 3.83. The van der Waals surface area contributed by atoms with Crippen molar-refractivity contribution in [2.45, 2.75) is 52.3 Å². The van der Waals surface area contributed by atoms with Crippen LogP contribution in [0, 0.1) is 0 Å². The second-order valence-corrected chi connectivity index (χ2v) is 11.1. The van der Waals surface area contributed by atoms with E-state index >= 15 is 0 Å². The normalized spacial score (nSPS) is 12.0. The number of nitrogens with zero attached hydrogens (tertiary/aromatic N) is 4. The number of aromatic nitrogens is 3. The van der Waals surface area contributed by atoms with Crippen LogP contribution < -0.4 is 21.1 Å². The molecule has 2 N–H and O–H groups in total. The largest absolute Gasteiger partial charge is 0.444 e. The summed E-state index contributed by atoms with van der Waals surface area (Å²) in [4.78, 5) is 35.9. The molecule has 214 valence electrons. The first-order valence-electron chi connectivity index (χ1n) is 13.6. The maximum Gasteiger partial charge on any atom is 0.407 e. The summed E-state index contributed by atoms with van der Waals surface area (Å²) in [6.45, 7) is 7.98. The molecule has 0 bridgehead atoms. The van der Waals surface area contributed by atoms with E-state index in [1.165, 1.54) is 0 Å². The van der Waals surface area contributed by atoms with Crippen LogP contribution in [0.3, 0.4) is 0 Å². The Kier molecular flexibility index (Phi) is 9.07. The van der Waals surface area contributed by atoms with Gasteiger partial charge in [-0.2, -0.15) is 4.98 Å². The van der Waals surface area contributed by atoms with Gasteiger partial charge in [0.2, 0.25) is 5.95 Å². The van der Waals surface area contributed by atoms with E-state index in [4.69, 9.17) is 9.72 Å². The molecule has 0 radical (unpaired) electrons. The minimum absolute atomic E-state index is 0.0480. The SMILES string of the molecule is C[C@@H](Cc1cccc(CNC(=O)OC(C)(C)C)c1)Nc1nccc(N(C)c2cc(-c3ccccc3)c(=O)n(C)c2)n1. The first kappa shape index (κ1) is 29.3. The lowest BCUT2D eigenvalue weighted by atomic mass is 10.0. The maximum absolute atomic E-state index is 12.8. The summed E-state index contributed by atoms with van der Waals surface area (Å²) in [6, 6.07) is 21.5. The molecule has 2 heterocycles. The van der Waals surface area contributed by atoms with E-state index in [1.54, 1.807) is 24.0 Å². The van der Waals surface area contributed by atoms with Gasteiger partial charge in [0.15, 0.2) is 0 Å². The van der Waals surface area contributed by atoms with Gasteiger partial charge in [0.25, 0.3) is 5.56 Å². The Morgan fingerprint density at radius 3 is 2.51 bits per heavy atom. The highest BCUT2D eigenvalue weighted by atomic mass is 16.6. The van der Waals surface area contributed by atoms with Crippen LogP contribution in [0.2, 0.25) is 0 Å². The average Bonchev–Trinajstić information content (AvgIpc) is 2.93. The lowest BCUT2D eigenvalue weighted by molar-refractivity contribution is 0.0523. The van der Waals surface area contributed by atoms with E-state index in [9.17, 15) is 9.59 Å². The number of aryl methyl sites for hydroxylation is 1. The predicted octanol–water partition coefficient (Wildman–Crippen LogP) is 5.68. The molecular weight excluding hydrogens is 516 g/mol. The molecule has 0 unspecified atom stereocenters. The first-order valence-corrected chi connectivity index (χ1v) is 13.6. The van der Waals surface area contributed by atoms with Gasteiger partial charge < -0.3 is 24.8 Å². The van der Waals surface area contributed by atoms with E-state index in [1.807, 2.05) is 87.3 Å². The minimum Gasteiger partial charge on any atom is -0.444 e. The van der Waals surface area contributed by atoms with Crippen LogP contribution in [-0.4, -0.2) is 39.3 Å². The molecule has 2 aromatic carbocycles. The topological polar surface area (TPSA) is 101 Å². The predicted molar refractivity (Wildman–Crippen MR) is 164 cm³/mol. The Bertz CT molecular complexity index is 1550. The molecular formula is C32H38N6O3. The van der Waals surface area contributed by atoms with E-state index in [2.05, 4.69) is 34.7 Å². The second-order valence-electron chi connectivity index (χ2n) is 11.1. The zero-order chi connectivity index (χ0) is 29.6. The van der Waals surface area contributed by atoms with Crippen molar-refractivity contribution < 1.29 is 9.53 Å². The molecule has 0 aliphatic rings. The van der Waals surface area contributed by atoms with Crippen LogP contribution in [0.1, 0.15) is 38.8 Å². The third-order valence-corrected chi connectivity index (χ3v) is 6.37. The molecule has 0 aliphatic carbocycles. The van der Waals surface area contributed by atoms with Gasteiger partial charge in [0.1, 0.15) is 11.4 Å². The number of anilines is 3. The zero-order valence-electron chi connectivity index (χ0n) is 24.5. The van der Waals surface area contributed by atoms with Crippen molar-refractivity contribution in [1.29, 1.82) is 0 Å². The van der Waals surface area contributed by atoms with Gasteiger partial charge in [-0.05, 0) is 62.9 Å². The van der Waals surface area contributed by atoms with Gasteiger partial charge in [-0.15, -0.1) is 0 Å². The number of hydrogen-bond acceptors (Lipinski definition) is 7. The van der Waals surface area contributed by atoms with Crippen molar-refractivity contribution in [2.24, 2.45) is 7.05 Å². The van der Waals surface area contributed by atoms with Crippen molar-refractivity contribution in [3.05, 3.63) is 101 Å². The Morgan fingerprint density at radius 1 is 1.05 bits per heavy atom. The molecule has 1 amide bonds. The number of nitrogens with one attached hydrogen (secondary N) is 2. The van der Waals surface area contributed by atoms with E-state index in [0.717, 1.165) is 28.8 Å². The fourth-order valence-electron chi connectivity index (χ4n) is 4.42. The fourth-order valence-corrected chi connectivity index (χ4v) is 4.42. The minimum atomic E-state index is -0.536. The molecule has 9 heteroatoms. The molecule has 1 atom stereocenters. The number of ether oxygens (including phenoxy) is 1. The maximum atomic E-state index is 12.8. The number of amides is 1. The van der Waals surface area contributed by atoms with Crippen molar-refractivity contribution in [2.75, 3.05) is 17.3 Å².